The number of nitrogens with zero attached hydrogens (tertiary/aromatic N) is 1. The van der Waals surface area contributed by atoms with E-state index in [-0.39, 0.29) is 18.4 Å². The van der Waals surface area contributed by atoms with Crippen molar-refractivity contribution in [1.29, 1.82) is 0 Å². The van der Waals surface area contributed by atoms with Crippen LogP contribution in [0.4, 0.5) is 8.78 Å². The van der Waals surface area contributed by atoms with E-state index in [0.717, 1.165) is 6.07 Å². The first-order valence-corrected chi connectivity index (χ1v) is 6.61. The zero-order valence-corrected chi connectivity index (χ0v) is 11.5. The minimum Gasteiger partial charge on any atom is -0.481 e. The fourth-order valence-electron chi connectivity index (χ4n) is 2.17. The number of hydrogen-bond donors (Lipinski definition) is 1. The third kappa shape index (κ3) is 3.72. The molecule has 1 N–H and O–H groups in total. The molecule has 0 aliphatic carbocycles. The summed E-state index contributed by atoms with van der Waals surface area (Å²) in [7, 11) is 0. The third-order valence-electron chi connectivity index (χ3n) is 3.27. The van der Waals surface area contributed by atoms with E-state index < -0.39 is 23.6 Å². The van der Waals surface area contributed by atoms with Crippen molar-refractivity contribution >= 4 is 5.97 Å². The van der Waals surface area contributed by atoms with E-state index in [2.05, 4.69) is 5.18 Å². The van der Waals surface area contributed by atoms with Gasteiger partial charge in [0.15, 0.2) is 0 Å². The minimum absolute atomic E-state index is 0.00240. The van der Waals surface area contributed by atoms with E-state index in [1.165, 1.54) is 30.3 Å². The van der Waals surface area contributed by atoms with Gasteiger partial charge >= 0.3 is 5.97 Å². The summed E-state index contributed by atoms with van der Waals surface area (Å²) in [5.74, 6) is -2.15. The molecule has 0 aliphatic heterocycles. The first-order chi connectivity index (χ1) is 10.5. The maximum Gasteiger partial charge on any atom is 0.303 e. The maximum absolute atomic E-state index is 14.2. The molecule has 4 nitrogen and oxygen atoms in total. The Morgan fingerprint density at radius 3 is 2.55 bits per heavy atom. The lowest BCUT2D eigenvalue weighted by molar-refractivity contribution is -0.137. The Balaban J connectivity index is 2.28. The SMILES string of the molecule is O=NC(CCC(=O)O)c1ccc(-c2cccc(F)c2)c(F)c1. The highest BCUT2D eigenvalue weighted by atomic mass is 19.1. The summed E-state index contributed by atoms with van der Waals surface area (Å²) >= 11 is 0. The molecule has 0 bridgehead atoms. The van der Waals surface area contributed by atoms with Crippen LogP contribution in [0.2, 0.25) is 0 Å². The van der Waals surface area contributed by atoms with Crippen LogP contribution in [0, 0.1) is 16.5 Å². The highest BCUT2D eigenvalue weighted by molar-refractivity contribution is 5.67. The van der Waals surface area contributed by atoms with E-state index in [1.807, 2.05) is 0 Å². The summed E-state index contributed by atoms with van der Waals surface area (Å²) in [6.45, 7) is 0. The molecule has 0 amide bonds. The van der Waals surface area contributed by atoms with Gasteiger partial charge in [0.1, 0.15) is 17.7 Å². The standard InChI is InChI=1S/C16H13F2NO3/c17-12-3-1-2-10(8-12)13-5-4-11(9-14(13)18)15(19-22)6-7-16(20)21/h1-5,8-9,15H,6-7H2,(H,20,21). The van der Waals surface area contributed by atoms with E-state index in [1.54, 1.807) is 6.07 Å². The Morgan fingerprint density at radius 2 is 1.95 bits per heavy atom. The molecule has 1 atom stereocenters. The molecule has 0 aliphatic rings. The lowest BCUT2D eigenvalue weighted by Gasteiger charge is -2.10. The molecule has 0 aromatic heterocycles. The smallest absolute Gasteiger partial charge is 0.303 e. The molecule has 114 valence electrons. The number of nitroso groups, excluding NO2 is 1. The van der Waals surface area contributed by atoms with E-state index in [4.69, 9.17) is 5.11 Å². The van der Waals surface area contributed by atoms with Gasteiger partial charge in [-0.25, -0.2) is 8.78 Å². The van der Waals surface area contributed by atoms with Crippen LogP contribution in [0.5, 0.6) is 0 Å². The first kappa shape index (κ1) is 15.8. The molecule has 0 fully saturated rings. The van der Waals surface area contributed by atoms with Crippen molar-refractivity contribution in [2.75, 3.05) is 0 Å². The quantitative estimate of drug-likeness (QED) is 0.809. The van der Waals surface area contributed by atoms with Crippen LogP contribution < -0.4 is 0 Å². The van der Waals surface area contributed by atoms with Gasteiger partial charge in [0, 0.05) is 12.0 Å². The van der Waals surface area contributed by atoms with Gasteiger partial charge < -0.3 is 5.11 Å². The normalized spacial score (nSPS) is 11.9. The van der Waals surface area contributed by atoms with Gasteiger partial charge in [0.2, 0.25) is 0 Å². The summed E-state index contributed by atoms with van der Waals surface area (Å²) < 4.78 is 27.4. The highest BCUT2D eigenvalue weighted by Crippen LogP contribution is 2.29. The van der Waals surface area contributed by atoms with Crippen LogP contribution in [0.15, 0.2) is 47.6 Å². The average Bonchev–Trinajstić information content (AvgIpc) is 2.47. The lowest BCUT2D eigenvalue weighted by atomic mass is 9.98. The number of halogens is 2. The number of hydrogen-bond acceptors (Lipinski definition) is 3. The predicted molar refractivity (Wildman–Crippen MR) is 77.2 cm³/mol. The molecule has 2 rings (SSSR count). The minimum atomic E-state index is -1.05. The van der Waals surface area contributed by atoms with Crippen LogP contribution >= 0.6 is 0 Å². The summed E-state index contributed by atoms with van der Waals surface area (Å²) in [5.41, 5.74) is 0.880. The van der Waals surface area contributed by atoms with Crippen molar-refractivity contribution in [2.45, 2.75) is 18.9 Å². The summed E-state index contributed by atoms with van der Waals surface area (Å²) in [4.78, 5) is 21.3. The molecular formula is C16H13F2NO3. The average molecular weight is 305 g/mol. The number of carboxylic acids is 1. The van der Waals surface area contributed by atoms with Gasteiger partial charge in [-0.3, -0.25) is 4.79 Å². The molecule has 6 heteroatoms. The fraction of sp³-hybridized carbons (Fsp3) is 0.188. The number of carboxylic acid groups (broad SMARTS) is 1. The van der Waals surface area contributed by atoms with Gasteiger partial charge in [0.05, 0.1) is 0 Å². The van der Waals surface area contributed by atoms with Crippen molar-refractivity contribution < 1.29 is 18.7 Å². The topological polar surface area (TPSA) is 66.7 Å². The number of rotatable bonds is 6. The molecule has 0 saturated carbocycles. The second kappa shape index (κ2) is 6.89. The Labute approximate surface area is 125 Å². The maximum atomic E-state index is 14.2. The molecule has 1 unspecified atom stereocenters. The Morgan fingerprint density at radius 1 is 1.18 bits per heavy atom. The summed E-state index contributed by atoms with van der Waals surface area (Å²) in [6, 6.07) is 8.64. The van der Waals surface area contributed by atoms with Crippen LogP contribution in [0.3, 0.4) is 0 Å². The largest absolute Gasteiger partial charge is 0.481 e. The zero-order valence-electron chi connectivity index (χ0n) is 11.5. The van der Waals surface area contributed by atoms with Gasteiger partial charge in [0.25, 0.3) is 0 Å². The number of aliphatic carboxylic acids is 1. The van der Waals surface area contributed by atoms with Crippen LogP contribution in [0.25, 0.3) is 11.1 Å². The van der Waals surface area contributed by atoms with Crippen molar-refractivity contribution in [1.82, 2.24) is 0 Å². The Hall–Kier alpha value is -2.63. The van der Waals surface area contributed by atoms with Crippen molar-refractivity contribution in [3.05, 3.63) is 64.6 Å². The van der Waals surface area contributed by atoms with E-state index >= 15 is 0 Å². The summed E-state index contributed by atoms with van der Waals surface area (Å²) in [5, 5.41) is 11.5. The zero-order chi connectivity index (χ0) is 16.1. The van der Waals surface area contributed by atoms with Crippen LogP contribution in [-0.4, -0.2) is 11.1 Å². The molecular weight excluding hydrogens is 292 g/mol. The van der Waals surface area contributed by atoms with E-state index in [0.29, 0.717) is 11.1 Å². The Bertz CT molecular complexity index is 704. The van der Waals surface area contributed by atoms with Crippen LogP contribution in [0.1, 0.15) is 24.4 Å². The molecule has 0 heterocycles. The first-order valence-electron chi connectivity index (χ1n) is 6.61. The molecule has 0 spiro atoms. The number of benzene rings is 2. The molecule has 0 radical (unpaired) electrons. The molecule has 2 aromatic carbocycles. The van der Waals surface area contributed by atoms with Crippen LogP contribution in [-0.2, 0) is 4.79 Å². The van der Waals surface area contributed by atoms with E-state index in [9.17, 15) is 18.5 Å². The second-order valence-corrected chi connectivity index (χ2v) is 4.80. The van der Waals surface area contributed by atoms with Gasteiger partial charge in [-0.15, -0.1) is 0 Å². The second-order valence-electron chi connectivity index (χ2n) is 4.80. The predicted octanol–water partition coefficient (Wildman–Crippen LogP) is 4.30. The van der Waals surface area contributed by atoms with Crippen molar-refractivity contribution in [3.63, 3.8) is 0 Å². The molecule has 2 aromatic rings. The van der Waals surface area contributed by atoms with Crippen molar-refractivity contribution in [2.24, 2.45) is 5.18 Å². The van der Waals surface area contributed by atoms with Gasteiger partial charge in [-0.2, -0.15) is 4.91 Å². The van der Waals surface area contributed by atoms with Gasteiger partial charge in [-0.1, -0.05) is 29.4 Å². The monoisotopic (exact) mass is 305 g/mol. The van der Waals surface area contributed by atoms with Crippen molar-refractivity contribution in [3.8, 4) is 11.1 Å². The number of carbonyl (C=O) groups is 1. The fourth-order valence-corrected chi connectivity index (χ4v) is 2.17. The molecule has 22 heavy (non-hydrogen) atoms. The highest BCUT2D eigenvalue weighted by Gasteiger charge is 2.16. The van der Waals surface area contributed by atoms with Gasteiger partial charge in [-0.05, 0) is 35.7 Å². The Kier molecular flexibility index (Phi) is 4.93. The third-order valence-corrected chi connectivity index (χ3v) is 3.27. The lowest BCUT2D eigenvalue weighted by Crippen LogP contribution is -2.01. The summed E-state index contributed by atoms with van der Waals surface area (Å²) in [6.07, 6.45) is -0.235. The molecule has 0 saturated heterocycles.